The second-order valence-corrected chi connectivity index (χ2v) is 4.32. The standard InChI is InChI=1S/C10H19N2O2.ClH/c1-2-14-10(13)9-12-6-3-11(4-7-12)5-8-12;/h2-9H2,1H3;1H/q+1;/p-1. The Morgan fingerprint density at radius 2 is 1.80 bits per heavy atom. The Balaban J connectivity index is 0.00000112. The van der Waals surface area contributed by atoms with Gasteiger partial charge in [-0.05, 0) is 6.92 Å². The molecule has 3 fully saturated rings. The van der Waals surface area contributed by atoms with Gasteiger partial charge in [-0.3, -0.25) is 4.90 Å². The quantitative estimate of drug-likeness (QED) is 0.379. The maximum Gasteiger partial charge on any atom is 0.361 e. The van der Waals surface area contributed by atoms with Crippen LogP contribution in [0, 0.1) is 0 Å². The molecule has 0 aromatic rings. The van der Waals surface area contributed by atoms with Crippen LogP contribution in [0.15, 0.2) is 0 Å². The highest BCUT2D eigenvalue weighted by atomic mass is 35.5. The fourth-order valence-corrected chi connectivity index (χ4v) is 2.45. The van der Waals surface area contributed by atoms with Gasteiger partial charge in [0.05, 0.1) is 26.2 Å². The number of carbonyl (C=O) groups excluding carboxylic acids is 1. The van der Waals surface area contributed by atoms with Crippen molar-refractivity contribution in [2.45, 2.75) is 6.92 Å². The summed E-state index contributed by atoms with van der Waals surface area (Å²) >= 11 is 0. The molecule has 0 amide bonds. The summed E-state index contributed by atoms with van der Waals surface area (Å²) in [6, 6.07) is 0. The van der Waals surface area contributed by atoms with Crippen LogP contribution in [0.25, 0.3) is 0 Å². The van der Waals surface area contributed by atoms with Crippen LogP contribution in [0.1, 0.15) is 6.92 Å². The van der Waals surface area contributed by atoms with Crippen molar-refractivity contribution in [2.75, 3.05) is 52.4 Å². The molecule has 0 atom stereocenters. The van der Waals surface area contributed by atoms with E-state index in [-0.39, 0.29) is 18.4 Å². The molecule has 3 aliphatic heterocycles. The first-order chi connectivity index (χ1) is 6.74. The van der Waals surface area contributed by atoms with E-state index in [1.165, 1.54) is 0 Å². The van der Waals surface area contributed by atoms with Crippen molar-refractivity contribution in [3.63, 3.8) is 0 Å². The topological polar surface area (TPSA) is 29.5 Å². The average Bonchev–Trinajstić information content (AvgIpc) is 2.20. The van der Waals surface area contributed by atoms with Crippen LogP contribution in [0.4, 0.5) is 0 Å². The summed E-state index contributed by atoms with van der Waals surface area (Å²) in [4.78, 5) is 13.9. The minimum atomic E-state index is -0.0251. The molecule has 0 unspecified atom stereocenters. The van der Waals surface area contributed by atoms with E-state index < -0.39 is 0 Å². The fourth-order valence-electron chi connectivity index (χ4n) is 2.45. The molecule has 3 rings (SSSR count). The van der Waals surface area contributed by atoms with E-state index in [1.807, 2.05) is 6.92 Å². The molecule has 0 saturated carbocycles. The molecule has 0 aliphatic carbocycles. The fraction of sp³-hybridized carbons (Fsp3) is 0.900. The first-order valence-electron chi connectivity index (χ1n) is 5.47. The minimum Gasteiger partial charge on any atom is -1.00 e. The van der Waals surface area contributed by atoms with Crippen molar-refractivity contribution in [2.24, 2.45) is 0 Å². The van der Waals surface area contributed by atoms with Crippen molar-refractivity contribution in [1.29, 1.82) is 0 Å². The molecule has 0 radical (unpaired) electrons. The molecular weight excluding hydrogens is 216 g/mol. The predicted octanol–water partition coefficient (Wildman–Crippen LogP) is -3.30. The van der Waals surface area contributed by atoms with Crippen molar-refractivity contribution in [3.05, 3.63) is 0 Å². The highest BCUT2D eigenvalue weighted by Gasteiger charge is 2.40. The van der Waals surface area contributed by atoms with Crippen LogP contribution in [0.5, 0.6) is 0 Å². The van der Waals surface area contributed by atoms with Crippen molar-refractivity contribution in [3.8, 4) is 0 Å². The summed E-state index contributed by atoms with van der Waals surface area (Å²) < 4.78 is 5.99. The Kier molecular flexibility index (Phi) is 4.37. The number of esters is 1. The zero-order valence-corrected chi connectivity index (χ0v) is 10.0. The molecular formula is C10H19ClN2O2. The molecule has 4 nitrogen and oxygen atoms in total. The Labute approximate surface area is 97.2 Å². The maximum absolute atomic E-state index is 11.4. The molecule has 5 heteroatoms. The normalized spacial score (nSPS) is 33.3. The first kappa shape index (κ1) is 12.7. The molecule has 3 saturated heterocycles. The second-order valence-electron chi connectivity index (χ2n) is 4.32. The van der Waals surface area contributed by atoms with E-state index in [2.05, 4.69) is 4.90 Å². The van der Waals surface area contributed by atoms with E-state index in [4.69, 9.17) is 4.74 Å². The van der Waals surface area contributed by atoms with Crippen LogP contribution in [0.2, 0.25) is 0 Å². The lowest BCUT2D eigenvalue weighted by atomic mass is 10.1. The minimum absolute atomic E-state index is 0. The summed E-state index contributed by atoms with van der Waals surface area (Å²) in [7, 11) is 0. The van der Waals surface area contributed by atoms with Gasteiger partial charge in [0.1, 0.15) is 0 Å². The van der Waals surface area contributed by atoms with Gasteiger partial charge in [-0.1, -0.05) is 0 Å². The van der Waals surface area contributed by atoms with E-state index in [9.17, 15) is 4.79 Å². The van der Waals surface area contributed by atoms with Crippen molar-refractivity contribution in [1.82, 2.24) is 4.90 Å². The largest absolute Gasteiger partial charge is 1.00 e. The Hall–Kier alpha value is -0.320. The predicted molar refractivity (Wildman–Crippen MR) is 52.8 cm³/mol. The van der Waals surface area contributed by atoms with Crippen LogP contribution in [-0.4, -0.2) is 67.8 Å². The Bertz CT molecular complexity index is 214. The molecule has 15 heavy (non-hydrogen) atoms. The van der Waals surface area contributed by atoms with Gasteiger partial charge in [-0.15, -0.1) is 0 Å². The van der Waals surface area contributed by atoms with E-state index >= 15 is 0 Å². The lowest BCUT2D eigenvalue weighted by molar-refractivity contribution is -0.934. The van der Waals surface area contributed by atoms with Crippen LogP contribution < -0.4 is 12.4 Å². The third kappa shape index (κ3) is 2.83. The Morgan fingerprint density at radius 1 is 1.27 bits per heavy atom. The number of quaternary nitrogens is 1. The van der Waals surface area contributed by atoms with Gasteiger partial charge in [-0.25, -0.2) is 4.79 Å². The van der Waals surface area contributed by atoms with Gasteiger partial charge < -0.3 is 21.6 Å². The van der Waals surface area contributed by atoms with Crippen LogP contribution in [0.3, 0.4) is 0 Å². The van der Waals surface area contributed by atoms with Gasteiger partial charge in [0.2, 0.25) is 0 Å². The summed E-state index contributed by atoms with van der Waals surface area (Å²) in [5, 5.41) is 0. The second kappa shape index (κ2) is 5.14. The number of piperazine rings is 3. The number of rotatable bonds is 3. The number of ether oxygens (including phenoxy) is 1. The lowest BCUT2D eigenvalue weighted by Gasteiger charge is -2.49. The third-order valence-corrected chi connectivity index (χ3v) is 3.44. The van der Waals surface area contributed by atoms with E-state index in [0.717, 1.165) is 43.8 Å². The summed E-state index contributed by atoms with van der Waals surface area (Å²) in [5.41, 5.74) is 0. The van der Waals surface area contributed by atoms with Gasteiger partial charge >= 0.3 is 5.97 Å². The van der Waals surface area contributed by atoms with E-state index in [0.29, 0.717) is 13.2 Å². The molecule has 88 valence electrons. The maximum atomic E-state index is 11.4. The molecule has 0 N–H and O–H groups in total. The summed E-state index contributed by atoms with van der Waals surface area (Å²) in [6.07, 6.45) is 0. The molecule has 3 heterocycles. The Morgan fingerprint density at radius 3 is 2.27 bits per heavy atom. The molecule has 0 aromatic heterocycles. The van der Waals surface area contributed by atoms with Gasteiger partial charge in [0, 0.05) is 19.6 Å². The van der Waals surface area contributed by atoms with E-state index in [1.54, 1.807) is 0 Å². The highest BCUT2D eigenvalue weighted by molar-refractivity contribution is 5.70. The zero-order chi connectivity index (χ0) is 10.0. The highest BCUT2D eigenvalue weighted by Crippen LogP contribution is 2.19. The molecule has 2 bridgehead atoms. The van der Waals surface area contributed by atoms with Crippen LogP contribution >= 0.6 is 0 Å². The monoisotopic (exact) mass is 234 g/mol. The smallest absolute Gasteiger partial charge is 0.361 e. The number of halogens is 1. The SMILES string of the molecule is CCOC(=O)C[N+]12CCN(CC1)CC2.[Cl-]. The average molecular weight is 235 g/mol. The third-order valence-electron chi connectivity index (χ3n) is 3.44. The van der Waals surface area contributed by atoms with Crippen LogP contribution in [-0.2, 0) is 9.53 Å². The molecule has 0 spiro atoms. The molecule has 0 aromatic carbocycles. The number of carbonyl (C=O) groups is 1. The zero-order valence-electron chi connectivity index (χ0n) is 9.25. The number of fused-ring (bicyclic) bond motifs is 3. The summed E-state index contributed by atoms with van der Waals surface area (Å²) in [6.45, 7) is 9.79. The summed E-state index contributed by atoms with van der Waals surface area (Å²) in [5.74, 6) is -0.0251. The number of nitrogens with zero attached hydrogens (tertiary/aromatic N) is 2. The first-order valence-corrected chi connectivity index (χ1v) is 5.47. The van der Waals surface area contributed by atoms with Gasteiger partial charge in [-0.2, -0.15) is 0 Å². The number of hydrogen-bond acceptors (Lipinski definition) is 3. The van der Waals surface area contributed by atoms with Gasteiger partial charge in [0.25, 0.3) is 0 Å². The lowest BCUT2D eigenvalue weighted by Crippen LogP contribution is -3.00. The van der Waals surface area contributed by atoms with Crippen molar-refractivity contribution < 1.29 is 26.4 Å². The van der Waals surface area contributed by atoms with Gasteiger partial charge in [0.15, 0.2) is 6.54 Å². The molecule has 3 aliphatic rings. The number of hydrogen-bond donors (Lipinski definition) is 0. The van der Waals surface area contributed by atoms with Crippen molar-refractivity contribution >= 4 is 5.97 Å².